The maximum Gasteiger partial charge on any atom is 0.118 e. The molecule has 1 rings (SSSR count). The van der Waals surface area contributed by atoms with Gasteiger partial charge in [0, 0.05) is 13.1 Å². The number of hydrogen-bond acceptors (Lipinski definition) is 3. The normalized spacial score (nSPS) is 12.9. The number of hydrogen-bond donors (Lipinski definition) is 1. The number of methoxy groups -OCH3 is 1. The average molecular weight is 279 g/mol. The Hall–Kier alpha value is -1.06. The van der Waals surface area contributed by atoms with Crippen molar-refractivity contribution in [1.29, 1.82) is 0 Å². The minimum absolute atomic E-state index is 0.435. The number of likely N-dealkylation sites (N-methyl/N-ethyl adjacent to an activating group) is 1. The van der Waals surface area contributed by atoms with Crippen LogP contribution in [0.15, 0.2) is 24.3 Å². The molecule has 0 saturated heterocycles. The molecule has 1 unspecified atom stereocenters. The first-order valence-corrected chi connectivity index (χ1v) is 7.68. The molecular weight excluding hydrogens is 250 g/mol. The zero-order chi connectivity index (χ0) is 15.0. The van der Waals surface area contributed by atoms with E-state index in [1.807, 2.05) is 24.3 Å². The minimum Gasteiger partial charge on any atom is -0.497 e. The third-order valence-corrected chi connectivity index (χ3v) is 4.05. The van der Waals surface area contributed by atoms with Crippen molar-refractivity contribution in [3.63, 3.8) is 0 Å². The molecule has 0 aliphatic rings. The molecule has 0 aliphatic heterocycles. The van der Waals surface area contributed by atoms with Crippen molar-refractivity contribution in [2.24, 2.45) is 5.92 Å². The minimum atomic E-state index is -0.435. The van der Waals surface area contributed by atoms with Gasteiger partial charge in [0.1, 0.15) is 5.75 Å². The number of aliphatic hydroxyl groups is 1. The predicted molar refractivity (Wildman–Crippen MR) is 84.1 cm³/mol. The lowest BCUT2D eigenvalue weighted by Gasteiger charge is -2.27. The second kappa shape index (κ2) is 8.98. The van der Waals surface area contributed by atoms with Crippen molar-refractivity contribution in [3.8, 4) is 5.75 Å². The van der Waals surface area contributed by atoms with Gasteiger partial charge >= 0.3 is 0 Å². The number of benzene rings is 1. The monoisotopic (exact) mass is 279 g/mol. The van der Waals surface area contributed by atoms with Gasteiger partial charge in [-0.2, -0.15) is 0 Å². The Morgan fingerprint density at radius 1 is 1.05 bits per heavy atom. The number of nitrogens with zero attached hydrogens (tertiary/aromatic N) is 1. The molecule has 3 nitrogen and oxygen atoms in total. The molecule has 0 aliphatic carbocycles. The van der Waals surface area contributed by atoms with E-state index in [0.29, 0.717) is 6.54 Å². The fraction of sp³-hybridized carbons (Fsp3) is 0.647. The van der Waals surface area contributed by atoms with E-state index in [-0.39, 0.29) is 0 Å². The van der Waals surface area contributed by atoms with Crippen LogP contribution in [0, 0.1) is 5.92 Å². The van der Waals surface area contributed by atoms with E-state index in [1.165, 1.54) is 12.8 Å². The standard InChI is InChI=1S/C17H29NO2/c1-5-14(6-2)12-18(7-3)13-17(19)15-8-10-16(20-4)11-9-15/h8-11,14,17,19H,5-7,12-13H2,1-4H3. The van der Waals surface area contributed by atoms with Crippen LogP contribution in [-0.2, 0) is 0 Å². The van der Waals surface area contributed by atoms with Gasteiger partial charge < -0.3 is 14.7 Å². The fourth-order valence-corrected chi connectivity index (χ4v) is 2.42. The van der Waals surface area contributed by atoms with Crippen molar-refractivity contribution >= 4 is 0 Å². The molecule has 0 bridgehead atoms. The van der Waals surface area contributed by atoms with Gasteiger partial charge in [-0.05, 0) is 30.2 Å². The molecule has 3 heteroatoms. The number of rotatable bonds is 9. The van der Waals surface area contributed by atoms with Crippen LogP contribution in [0.3, 0.4) is 0 Å². The van der Waals surface area contributed by atoms with E-state index < -0.39 is 6.10 Å². The highest BCUT2D eigenvalue weighted by Gasteiger charge is 2.15. The summed E-state index contributed by atoms with van der Waals surface area (Å²) in [7, 11) is 1.65. The fourth-order valence-electron chi connectivity index (χ4n) is 2.42. The van der Waals surface area contributed by atoms with Crippen LogP contribution >= 0.6 is 0 Å². The van der Waals surface area contributed by atoms with Crippen molar-refractivity contribution < 1.29 is 9.84 Å². The molecule has 1 aromatic carbocycles. The summed E-state index contributed by atoms with van der Waals surface area (Å²) in [5.74, 6) is 1.54. The molecule has 0 aromatic heterocycles. The van der Waals surface area contributed by atoms with Crippen molar-refractivity contribution in [2.75, 3.05) is 26.7 Å². The van der Waals surface area contributed by atoms with Gasteiger partial charge in [0.25, 0.3) is 0 Å². The third kappa shape index (κ3) is 5.14. The SMILES string of the molecule is CCC(CC)CN(CC)CC(O)c1ccc(OC)cc1. The van der Waals surface area contributed by atoms with Gasteiger partial charge in [0.05, 0.1) is 13.2 Å². The van der Waals surface area contributed by atoms with Crippen LogP contribution in [0.5, 0.6) is 5.75 Å². The maximum atomic E-state index is 10.4. The quantitative estimate of drug-likeness (QED) is 0.751. The average Bonchev–Trinajstić information content (AvgIpc) is 2.51. The summed E-state index contributed by atoms with van der Waals surface area (Å²) in [6.45, 7) is 9.37. The van der Waals surface area contributed by atoms with Gasteiger partial charge in [0.15, 0.2) is 0 Å². The smallest absolute Gasteiger partial charge is 0.118 e. The summed E-state index contributed by atoms with van der Waals surface area (Å²) in [5.41, 5.74) is 0.953. The van der Waals surface area contributed by atoms with Crippen LogP contribution in [0.2, 0.25) is 0 Å². The first-order valence-electron chi connectivity index (χ1n) is 7.68. The summed E-state index contributed by atoms with van der Waals surface area (Å²) >= 11 is 0. The van der Waals surface area contributed by atoms with Crippen LogP contribution in [-0.4, -0.2) is 36.8 Å². The van der Waals surface area contributed by atoms with Gasteiger partial charge in [-0.1, -0.05) is 45.7 Å². The largest absolute Gasteiger partial charge is 0.497 e. The Kier molecular flexibility index (Phi) is 7.63. The highest BCUT2D eigenvalue weighted by atomic mass is 16.5. The lowest BCUT2D eigenvalue weighted by Crippen LogP contribution is -2.33. The number of ether oxygens (including phenoxy) is 1. The van der Waals surface area contributed by atoms with E-state index in [0.717, 1.165) is 30.3 Å². The van der Waals surface area contributed by atoms with Gasteiger partial charge in [-0.25, -0.2) is 0 Å². The molecule has 0 amide bonds. The molecule has 114 valence electrons. The highest BCUT2D eigenvalue weighted by Crippen LogP contribution is 2.19. The van der Waals surface area contributed by atoms with Crippen LogP contribution in [0.1, 0.15) is 45.3 Å². The van der Waals surface area contributed by atoms with E-state index in [2.05, 4.69) is 25.7 Å². The molecular formula is C17H29NO2. The third-order valence-electron chi connectivity index (χ3n) is 4.05. The Morgan fingerprint density at radius 3 is 2.10 bits per heavy atom. The summed E-state index contributed by atoms with van der Waals surface area (Å²) in [6.07, 6.45) is 1.97. The van der Waals surface area contributed by atoms with Gasteiger partial charge in [-0.3, -0.25) is 0 Å². The summed E-state index contributed by atoms with van der Waals surface area (Å²) in [5, 5.41) is 10.4. The topological polar surface area (TPSA) is 32.7 Å². The Bertz CT molecular complexity index is 360. The van der Waals surface area contributed by atoms with Crippen LogP contribution in [0.4, 0.5) is 0 Å². The van der Waals surface area contributed by atoms with Crippen molar-refractivity contribution in [1.82, 2.24) is 4.90 Å². The number of aliphatic hydroxyl groups excluding tert-OH is 1. The second-order valence-corrected chi connectivity index (χ2v) is 5.32. The first kappa shape index (κ1) is 17.0. The van der Waals surface area contributed by atoms with Crippen molar-refractivity contribution in [3.05, 3.63) is 29.8 Å². The lowest BCUT2D eigenvalue weighted by molar-refractivity contribution is 0.105. The summed E-state index contributed by atoms with van der Waals surface area (Å²) in [4.78, 5) is 2.34. The van der Waals surface area contributed by atoms with Crippen LogP contribution in [0.25, 0.3) is 0 Å². The summed E-state index contributed by atoms with van der Waals surface area (Å²) in [6, 6.07) is 7.67. The van der Waals surface area contributed by atoms with Crippen LogP contribution < -0.4 is 4.74 Å². The van der Waals surface area contributed by atoms with Crippen molar-refractivity contribution in [2.45, 2.75) is 39.7 Å². The Balaban J connectivity index is 2.58. The zero-order valence-corrected chi connectivity index (χ0v) is 13.3. The molecule has 20 heavy (non-hydrogen) atoms. The molecule has 0 radical (unpaired) electrons. The highest BCUT2D eigenvalue weighted by molar-refractivity contribution is 5.28. The van der Waals surface area contributed by atoms with E-state index >= 15 is 0 Å². The molecule has 1 N–H and O–H groups in total. The second-order valence-electron chi connectivity index (χ2n) is 5.32. The zero-order valence-electron chi connectivity index (χ0n) is 13.3. The van der Waals surface area contributed by atoms with E-state index in [4.69, 9.17) is 4.74 Å². The molecule has 0 saturated carbocycles. The lowest BCUT2D eigenvalue weighted by atomic mass is 10.0. The maximum absolute atomic E-state index is 10.4. The molecule has 1 aromatic rings. The Morgan fingerprint density at radius 2 is 1.65 bits per heavy atom. The molecule has 1 atom stereocenters. The van der Waals surface area contributed by atoms with Gasteiger partial charge in [0.2, 0.25) is 0 Å². The summed E-state index contributed by atoms with van der Waals surface area (Å²) < 4.78 is 5.14. The predicted octanol–water partition coefficient (Wildman–Crippen LogP) is 3.49. The van der Waals surface area contributed by atoms with Gasteiger partial charge in [-0.15, -0.1) is 0 Å². The van der Waals surface area contributed by atoms with E-state index in [9.17, 15) is 5.11 Å². The molecule has 0 fully saturated rings. The van der Waals surface area contributed by atoms with E-state index in [1.54, 1.807) is 7.11 Å². The Labute approximate surface area is 123 Å². The molecule has 0 spiro atoms. The molecule has 0 heterocycles. The first-order chi connectivity index (χ1) is 9.64.